The number of ether oxygens (including phenoxy) is 2. The van der Waals surface area contributed by atoms with Gasteiger partial charge >= 0.3 is 6.18 Å². The highest BCUT2D eigenvalue weighted by molar-refractivity contribution is 5.59. The molecule has 2 saturated heterocycles. The van der Waals surface area contributed by atoms with E-state index in [2.05, 4.69) is 20.2 Å². The third kappa shape index (κ3) is 3.98. The largest absolute Gasteiger partial charge is 0.416 e. The standard InChI is InChI=1S/C18H19F3N4O2/c19-18(20,21)13-1-3-14(4-2-13)24-15-11-16(23-12-22-15)25-7-5-17(6-8-25)26-9-10-27-17/h1-4,11-12H,5-10H2,(H,22,23,24). The van der Waals surface area contributed by atoms with Gasteiger partial charge in [-0.3, -0.25) is 0 Å². The van der Waals surface area contributed by atoms with E-state index in [0.717, 1.165) is 43.9 Å². The van der Waals surface area contributed by atoms with Gasteiger partial charge in [-0.05, 0) is 24.3 Å². The minimum Gasteiger partial charge on any atom is -0.356 e. The van der Waals surface area contributed by atoms with Crippen molar-refractivity contribution in [2.75, 3.05) is 36.5 Å². The van der Waals surface area contributed by atoms with Crippen molar-refractivity contribution in [2.45, 2.75) is 24.8 Å². The zero-order valence-electron chi connectivity index (χ0n) is 14.5. The Morgan fingerprint density at radius 2 is 1.67 bits per heavy atom. The van der Waals surface area contributed by atoms with E-state index in [4.69, 9.17) is 9.47 Å². The molecule has 6 nitrogen and oxygen atoms in total. The molecule has 1 aromatic heterocycles. The van der Waals surface area contributed by atoms with Gasteiger partial charge < -0.3 is 19.7 Å². The molecule has 2 aliphatic heterocycles. The maximum absolute atomic E-state index is 12.7. The molecule has 2 aromatic rings. The molecule has 3 heterocycles. The summed E-state index contributed by atoms with van der Waals surface area (Å²) < 4.78 is 49.4. The SMILES string of the molecule is FC(F)(F)c1ccc(Nc2cc(N3CCC4(CC3)OCCO4)ncn2)cc1. The number of aromatic nitrogens is 2. The van der Waals surface area contributed by atoms with E-state index in [-0.39, 0.29) is 0 Å². The molecule has 2 fully saturated rings. The van der Waals surface area contributed by atoms with Gasteiger partial charge in [0.15, 0.2) is 5.79 Å². The van der Waals surface area contributed by atoms with E-state index >= 15 is 0 Å². The average Bonchev–Trinajstić information content (AvgIpc) is 3.10. The Kier molecular flexibility index (Phi) is 4.65. The lowest BCUT2D eigenvalue weighted by Gasteiger charge is -2.38. The van der Waals surface area contributed by atoms with Crippen molar-refractivity contribution in [1.82, 2.24) is 9.97 Å². The van der Waals surface area contributed by atoms with Crippen LogP contribution in [0.15, 0.2) is 36.7 Å². The fourth-order valence-electron chi connectivity index (χ4n) is 3.34. The lowest BCUT2D eigenvalue weighted by atomic mass is 10.0. The van der Waals surface area contributed by atoms with Gasteiger partial charge in [0, 0.05) is 37.7 Å². The minimum absolute atomic E-state index is 0.454. The minimum atomic E-state index is -4.35. The van der Waals surface area contributed by atoms with Crippen LogP contribution in [0.2, 0.25) is 0 Å². The van der Waals surface area contributed by atoms with Gasteiger partial charge in [0.05, 0.1) is 18.8 Å². The number of halogens is 3. The van der Waals surface area contributed by atoms with Crippen molar-refractivity contribution in [3.8, 4) is 0 Å². The van der Waals surface area contributed by atoms with Crippen LogP contribution < -0.4 is 10.2 Å². The van der Waals surface area contributed by atoms with Gasteiger partial charge in [-0.2, -0.15) is 13.2 Å². The summed E-state index contributed by atoms with van der Waals surface area (Å²) >= 11 is 0. The molecule has 0 radical (unpaired) electrons. The third-order valence-electron chi connectivity index (χ3n) is 4.80. The van der Waals surface area contributed by atoms with Crippen molar-refractivity contribution in [1.29, 1.82) is 0 Å². The van der Waals surface area contributed by atoms with Gasteiger partial charge in [0.1, 0.15) is 18.0 Å². The first-order valence-corrected chi connectivity index (χ1v) is 8.73. The molecule has 0 aliphatic carbocycles. The van der Waals surface area contributed by atoms with Gasteiger partial charge in [-0.25, -0.2) is 9.97 Å². The van der Waals surface area contributed by atoms with Crippen molar-refractivity contribution in [3.05, 3.63) is 42.2 Å². The maximum Gasteiger partial charge on any atom is 0.416 e. The number of benzene rings is 1. The normalized spacial score (nSPS) is 19.4. The van der Waals surface area contributed by atoms with Crippen molar-refractivity contribution in [2.24, 2.45) is 0 Å². The van der Waals surface area contributed by atoms with Crippen LogP contribution in [0.5, 0.6) is 0 Å². The number of alkyl halides is 3. The molecule has 1 N–H and O–H groups in total. The topological polar surface area (TPSA) is 59.5 Å². The number of nitrogens with zero attached hydrogens (tertiary/aromatic N) is 3. The Bertz CT molecular complexity index is 782. The number of anilines is 3. The van der Waals surface area contributed by atoms with Gasteiger partial charge in [0.25, 0.3) is 0 Å². The molecule has 0 unspecified atom stereocenters. The third-order valence-corrected chi connectivity index (χ3v) is 4.80. The molecular weight excluding hydrogens is 361 g/mol. The van der Waals surface area contributed by atoms with E-state index in [1.54, 1.807) is 6.07 Å². The quantitative estimate of drug-likeness (QED) is 0.878. The number of piperidine rings is 1. The monoisotopic (exact) mass is 380 g/mol. The number of nitrogens with one attached hydrogen (secondary N) is 1. The molecule has 144 valence electrons. The molecule has 27 heavy (non-hydrogen) atoms. The summed E-state index contributed by atoms with van der Waals surface area (Å²) in [5, 5.41) is 3.02. The van der Waals surface area contributed by atoms with E-state index in [1.807, 2.05) is 0 Å². The Morgan fingerprint density at radius 1 is 1.00 bits per heavy atom. The molecule has 0 bridgehead atoms. The van der Waals surface area contributed by atoms with E-state index < -0.39 is 17.5 Å². The van der Waals surface area contributed by atoms with Gasteiger partial charge in [-0.1, -0.05) is 0 Å². The smallest absolute Gasteiger partial charge is 0.356 e. The Hall–Kier alpha value is -2.39. The van der Waals surface area contributed by atoms with Crippen LogP contribution in [0, 0.1) is 0 Å². The number of hydrogen-bond acceptors (Lipinski definition) is 6. The first kappa shape index (κ1) is 18.0. The second-order valence-electron chi connectivity index (χ2n) is 6.56. The van der Waals surface area contributed by atoms with E-state index in [9.17, 15) is 13.2 Å². The first-order chi connectivity index (χ1) is 12.9. The van der Waals surface area contributed by atoms with Crippen LogP contribution in [-0.4, -0.2) is 42.1 Å². The van der Waals surface area contributed by atoms with Crippen LogP contribution in [-0.2, 0) is 15.7 Å². The van der Waals surface area contributed by atoms with Crippen molar-refractivity contribution >= 4 is 17.3 Å². The molecular formula is C18H19F3N4O2. The molecule has 0 amide bonds. The summed E-state index contributed by atoms with van der Waals surface area (Å²) in [7, 11) is 0. The van der Waals surface area contributed by atoms with Crippen LogP contribution in [0.4, 0.5) is 30.5 Å². The summed E-state index contributed by atoms with van der Waals surface area (Å²) in [6.07, 6.45) is -1.38. The highest BCUT2D eigenvalue weighted by Gasteiger charge is 2.40. The summed E-state index contributed by atoms with van der Waals surface area (Å²) in [5.74, 6) is 0.825. The molecule has 9 heteroatoms. The average molecular weight is 380 g/mol. The lowest BCUT2D eigenvalue weighted by molar-refractivity contribution is -0.169. The predicted molar refractivity (Wildman–Crippen MR) is 92.8 cm³/mol. The highest BCUT2D eigenvalue weighted by atomic mass is 19.4. The van der Waals surface area contributed by atoms with Gasteiger partial charge in [-0.15, -0.1) is 0 Å². The van der Waals surface area contributed by atoms with Crippen LogP contribution in [0.3, 0.4) is 0 Å². The number of rotatable bonds is 3. The van der Waals surface area contributed by atoms with E-state index in [1.165, 1.54) is 18.5 Å². The van der Waals surface area contributed by atoms with Crippen LogP contribution in [0.1, 0.15) is 18.4 Å². The molecule has 4 rings (SSSR count). The predicted octanol–water partition coefficient (Wildman–Crippen LogP) is 3.58. The van der Waals surface area contributed by atoms with Gasteiger partial charge in [0.2, 0.25) is 0 Å². The summed E-state index contributed by atoms with van der Waals surface area (Å²) in [6, 6.07) is 6.62. The van der Waals surface area contributed by atoms with Crippen LogP contribution >= 0.6 is 0 Å². The molecule has 2 aliphatic rings. The zero-order valence-corrected chi connectivity index (χ0v) is 14.5. The maximum atomic E-state index is 12.7. The zero-order chi connectivity index (χ0) is 18.9. The summed E-state index contributed by atoms with van der Waals surface area (Å²) in [6.45, 7) is 2.76. The second kappa shape index (κ2) is 6.97. The van der Waals surface area contributed by atoms with Crippen molar-refractivity contribution in [3.63, 3.8) is 0 Å². The molecule has 1 spiro atoms. The Labute approximate surface area is 154 Å². The van der Waals surface area contributed by atoms with Crippen LogP contribution in [0.25, 0.3) is 0 Å². The lowest BCUT2D eigenvalue weighted by Crippen LogP contribution is -2.45. The summed E-state index contributed by atoms with van der Waals surface area (Å²) in [5.41, 5.74) is -0.159. The molecule has 0 saturated carbocycles. The highest BCUT2D eigenvalue weighted by Crippen LogP contribution is 2.33. The molecule has 1 aromatic carbocycles. The summed E-state index contributed by atoms with van der Waals surface area (Å²) in [4.78, 5) is 10.6. The Morgan fingerprint density at radius 3 is 2.30 bits per heavy atom. The second-order valence-corrected chi connectivity index (χ2v) is 6.56. The Balaban J connectivity index is 1.42. The molecule has 0 atom stereocenters. The first-order valence-electron chi connectivity index (χ1n) is 8.73. The van der Waals surface area contributed by atoms with Crippen molar-refractivity contribution < 1.29 is 22.6 Å². The fraction of sp³-hybridized carbons (Fsp3) is 0.444. The van der Waals surface area contributed by atoms with E-state index in [0.29, 0.717) is 24.7 Å². The number of hydrogen-bond donors (Lipinski definition) is 1. The fourth-order valence-corrected chi connectivity index (χ4v) is 3.34.